The van der Waals surface area contributed by atoms with Crippen LogP contribution in [0.25, 0.3) is 12.2 Å². The van der Waals surface area contributed by atoms with Crippen LogP contribution < -0.4 is 10.9 Å². The summed E-state index contributed by atoms with van der Waals surface area (Å²) in [6, 6.07) is 13.6. The summed E-state index contributed by atoms with van der Waals surface area (Å²) in [5.74, 6) is 0.515. The van der Waals surface area contributed by atoms with E-state index in [2.05, 4.69) is 16.3 Å². The lowest BCUT2D eigenvalue weighted by atomic mass is 9.88. The maximum Gasteiger partial charge on any atom is 0.258 e. The van der Waals surface area contributed by atoms with E-state index in [-0.39, 0.29) is 42.0 Å². The third-order valence-corrected chi connectivity index (χ3v) is 7.46. The van der Waals surface area contributed by atoms with Gasteiger partial charge in [-0.2, -0.15) is 0 Å². The number of amides is 1. The first-order valence-electron chi connectivity index (χ1n) is 12.2. The molecule has 33 heavy (non-hydrogen) atoms. The number of nitrogens with one attached hydrogen (secondary N) is 1. The third kappa shape index (κ3) is 4.18. The average molecular weight is 448 g/mol. The number of aromatic nitrogens is 1. The van der Waals surface area contributed by atoms with Gasteiger partial charge in [-0.05, 0) is 49.0 Å². The maximum absolute atomic E-state index is 13.4. The van der Waals surface area contributed by atoms with Crippen LogP contribution >= 0.6 is 0 Å². The summed E-state index contributed by atoms with van der Waals surface area (Å²) >= 11 is 0. The lowest BCUT2D eigenvalue weighted by Gasteiger charge is -2.30. The van der Waals surface area contributed by atoms with Gasteiger partial charge < -0.3 is 15.0 Å². The molecule has 0 bridgehead atoms. The molecular formula is C27H33N3O3. The van der Waals surface area contributed by atoms with Crippen LogP contribution in [0.5, 0.6) is 0 Å². The Kier molecular flexibility index (Phi) is 6.21. The standard InChI is InChI=1S/C27H33N3O3/c1-2-14-28-26(32)25-22(17-31)21-16-29-23(24(21)30(25)15-19-8-9-19)13-12-20(27(29)33)11-10-18-6-4-3-5-7-18/h3-7,10-13,19,21-22,24-25,31H,2,8-9,14-17H2,1H3,(H,28,32)/b11-10+/t21-,22-,24+,25-/m1/s1. The van der Waals surface area contributed by atoms with Crippen molar-refractivity contribution in [3.63, 3.8) is 0 Å². The molecule has 2 aliphatic heterocycles. The molecule has 174 valence electrons. The molecule has 1 aromatic carbocycles. The van der Waals surface area contributed by atoms with Crippen molar-refractivity contribution in [1.29, 1.82) is 0 Å². The molecule has 1 saturated heterocycles. The second-order valence-corrected chi connectivity index (χ2v) is 9.70. The number of carbonyl (C=O) groups is 1. The van der Waals surface area contributed by atoms with Crippen LogP contribution in [0.3, 0.4) is 0 Å². The molecule has 3 aliphatic rings. The van der Waals surface area contributed by atoms with Gasteiger partial charge in [0.05, 0.1) is 12.1 Å². The Balaban J connectivity index is 1.47. The summed E-state index contributed by atoms with van der Waals surface area (Å²) in [5, 5.41) is 13.4. The fourth-order valence-corrected chi connectivity index (χ4v) is 5.66. The Morgan fingerprint density at radius 2 is 1.94 bits per heavy atom. The maximum atomic E-state index is 13.4. The van der Waals surface area contributed by atoms with E-state index < -0.39 is 0 Å². The first kappa shape index (κ1) is 22.1. The normalized spacial score (nSPS) is 26.5. The number of aliphatic hydroxyl groups is 1. The molecule has 3 heterocycles. The molecule has 1 aliphatic carbocycles. The minimum Gasteiger partial charge on any atom is -0.396 e. The largest absolute Gasteiger partial charge is 0.396 e. The van der Waals surface area contributed by atoms with E-state index in [1.54, 1.807) is 0 Å². The molecule has 6 heteroatoms. The number of carbonyl (C=O) groups excluding carboxylic acids is 1. The van der Waals surface area contributed by atoms with E-state index in [1.807, 2.05) is 60.0 Å². The SMILES string of the molecule is CCCNC(=O)[C@H]1[C@H](CO)[C@H]2Cn3c(ccc(/C=C/c4ccccc4)c3=O)[C@H]2N1CC1CC1. The van der Waals surface area contributed by atoms with Gasteiger partial charge in [0.15, 0.2) is 0 Å². The van der Waals surface area contributed by atoms with E-state index in [1.165, 1.54) is 12.8 Å². The quantitative estimate of drug-likeness (QED) is 0.653. The van der Waals surface area contributed by atoms with Gasteiger partial charge in [-0.15, -0.1) is 0 Å². The number of hydrogen-bond donors (Lipinski definition) is 2. The Morgan fingerprint density at radius 1 is 1.15 bits per heavy atom. The molecule has 6 nitrogen and oxygen atoms in total. The predicted octanol–water partition coefficient (Wildman–Crippen LogP) is 2.92. The third-order valence-electron chi connectivity index (χ3n) is 7.46. The summed E-state index contributed by atoms with van der Waals surface area (Å²) in [6.07, 6.45) is 7.11. The van der Waals surface area contributed by atoms with Gasteiger partial charge in [-0.25, -0.2) is 0 Å². The highest BCUT2D eigenvalue weighted by Gasteiger charge is 2.56. The van der Waals surface area contributed by atoms with E-state index in [0.29, 0.717) is 24.6 Å². The van der Waals surface area contributed by atoms with Crippen molar-refractivity contribution >= 4 is 18.1 Å². The first-order valence-corrected chi connectivity index (χ1v) is 12.2. The highest BCUT2D eigenvalue weighted by Crippen LogP contribution is 2.50. The van der Waals surface area contributed by atoms with Crippen molar-refractivity contribution in [2.24, 2.45) is 17.8 Å². The first-order chi connectivity index (χ1) is 16.1. The van der Waals surface area contributed by atoms with Crippen molar-refractivity contribution in [3.8, 4) is 0 Å². The number of benzene rings is 1. The second-order valence-electron chi connectivity index (χ2n) is 9.70. The fraction of sp³-hybridized carbons (Fsp3) is 0.481. The van der Waals surface area contributed by atoms with Crippen LogP contribution in [0.15, 0.2) is 47.3 Å². The topological polar surface area (TPSA) is 74.6 Å². The van der Waals surface area contributed by atoms with Crippen LogP contribution in [-0.2, 0) is 11.3 Å². The molecule has 0 radical (unpaired) electrons. The Morgan fingerprint density at radius 3 is 2.64 bits per heavy atom. The van der Waals surface area contributed by atoms with Gasteiger partial charge in [0.2, 0.25) is 5.91 Å². The molecule has 1 amide bonds. The second kappa shape index (κ2) is 9.27. The molecule has 2 fully saturated rings. The zero-order valence-electron chi connectivity index (χ0n) is 19.2. The number of fused-ring (bicyclic) bond motifs is 3. The average Bonchev–Trinajstić information content (AvgIpc) is 3.49. The lowest BCUT2D eigenvalue weighted by Crippen LogP contribution is -2.49. The van der Waals surface area contributed by atoms with E-state index >= 15 is 0 Å². The van der Waals surface area contributed by atoms with E-state index in [9.17, 15) is 14.7 Å². The number of nitrogens with zero attached hydrogens (tertiary/aromatic N) is 2. The van der Waals surface area contributed by atoms with E-state index in [0.717, 1.165) is 24.2 Å². The highest BCUT2D eigenvalue weighted by molar-refractivity contribution is 5.82. The van der Waals surface area contributed by atoms with Crippen molar-refractivity contribution in [3.05, 3.63) is 69.6 Å². The number of likely N-dealkylation sites (tertiary alicyclic amines) is 1. The summed E-state index contributed by atoms with van der Waals surface area (Å²) in [4.78, 5) is 28.8. The monoisotopic (exact) mass is 447 g/mol. The molecule has 1 saturated carbocycles. The Bertz CT molecular complexity index is 1090. The van der Waals surface area contributed by atoms with Crippen molar-refractivity contribution in [2.75, 3.05) is 19.7 Å². The molecule has 0 unspecified atom stereocenters. The van der Waals surface area contributed by atoms with Crippen LogP contribution in [0.1, 0.15) is 49.0 Å². The summed E-state index contributed by atoms with van der Waals surface area (Å²) in [5.41, 5.74) is 2.70. The Hall–Kier alpha value is -2.70. The Labute approximate surface area is 194 Å². The van der Waals surface area contributed by atoms with Gasteiger partial charge in [-0.3, -0.25) is 14.5 Å². The molecule has 4 atom stereocenters. The zero-order chi connectivity index (χ0) is 22.9. The molecule has 1 aromatic heterocycles. The van der Waals surface area contributed by atoms with Gasteiger partial charge in [0.25, 0.3) is 5.56 Å². The van der Waals surface area contributed by atoms with Gasteiger partial charge >= 0.3 is 0 Å². The molecule has 2 aromatic rings. The minimum atomic E-state index is -0.335. The predicted molar refractivity (Wildman–Crippen MR) is 129 cm³/mol. The zero-order valence-corrected chi connectivity index (χ0v) is 19.2. The van der Waals surface area contributed by atoms with Gasteiger partial charge in [0, 0.05) is 49.3 Å². The summed E-state index contributed by atoms with van der Waals surface area (Å²) in [7, 11) is 0. The van der Waals surface area contributed by atoms with Crippen molar-refractivity contribution in [2.45, 2.75) is 44.8 Å². The fourth-order valence-electron chi connectivity index (χ4n) is 5.66. The van der Waals surface area contributed by atoms with Gasteiger partial charge in [0.1, 0.15) is 0 Å². The number of pyridine rings is 1. The van der Waals surface area contributed by atoms with Crippen LogP contribution in [0, 0.1) is 17.8 Å². The smallest absolute Gasteiger partial charge is 0.258 e. The number of hydrogen-bond acceptors (Lipinski definition) is 4. The molecule has 5 rings (SSSR count). The number of rotatable bonds is 8. The lowest BCUT2D eigenvalue weighted by molar-refractivity contribution is -0.127. The van der Waals surface area contributed by atoms with Gasteiger partial charge in [-0.1, -0.05) is 43.3 Å². The minimum absolute atomic E-state index is 0.0000190. The molecule has 0 spiro atoms. The molecular weight excluding hydrogens is 414 g/mol. The van der Waals surface area contributed by atoms with Crippen LogP contribution in [0.4, 0.5) is 0 Å². The van der Waals surface area contributed by atoms with E-state index in [4.69, 9.17) is 0 Å². The van der Waals surface area contributed by atoms with Crippen molar-refractivity contribution in [1.82, 2.24) is 14.8 Å². The van der Waals surface area contributed by atoms with Crippen molar-refractivity contribution < 1.29 is 9.90 Å². The van der Waals surface area contributed by atoms with Crippen LogP contribution in [-0.4, -0.2) is 46.2 Å². The summed E-state index contributed by atoms with van der Waals surface area (Å²) in [6.45, 7) is 4.05. The number of aliphatic hydroxyl groups excluding tert-OH is 1. The summed E-state index contributed by atoms with van der Waals surface area (Å²) < 4.78 is 1.88. The van der Waals surface area contributed by atoms with Crippen LogP contribution in [0.2, 0.25) is 0 Å². The molecule has 2 N–H and O–H groups in total. The highest BCUT2D eigenvalue weighted by atomic mass is 16.3.